The molecule has 100 valence electrons. The first-order chi connectivity index (χ1) is 9.24. The predicted molar refractivity (Wildman–Crippen MR) is 74.2 cm³/mol. The summed E-state index contributed by atoms with van der Waals surface area (Å²) in [5, 5.41) is 10.4. The van der Waals surface area contributed by atoms with Crippen molar-refractivity contribution in [3.63, 3.8) is 0 Å². The minimum Gasteiger partial charge on any atom is -0.497 e. The van der Waals surface area contributed by atoms with Crippen LogP contribution in [0.15, 0.2) is 48.5 Å². The molecular weight excluding hydrogens is 240 g/mol. The lowest BCUT2D eigenvalue weighted by Crippen LogP contribution is -2.00. The van der Waals surface area contributed by atoms with Gasteiger partial charge in [0.1, 0.15) is 11.9 Å². The van der Waals surface area contributed by atoms with Crippen LogP contribution in [0.4, 0.5) is 0 Å². The number of benzene rings is 2. The van der Waals surface area contributed by atoms with E-state index in [1.54, 1.807) is 14.2 Å². The molecule has 19 heavy (non-hydrogen) atoms. The number of ether oxygens (including phenoxy) is 2. The van der Waals surface area contributed by atoms with Crippen molar-refractivity contribution in [2.75, 3.05) is 14.2 Å². The Balaban J connectivity index is 2.22. The van der Waals surface area contributed by atoms with Crippen molar-refractivity contribution in [2.24, 2.45) is 0 Å². The summed E-state index contributed by atoms with van der Waals surface area (Å²) in [6, 6.07) is 15.2. The maximum Gasteiger partial charge on any atom is 0.118 e. The molecule has 0 aliphatic heterocycles. The van der Waals surface area contributed by atoms with Crippen LogP contribution < -0.4 is 4.74 Å². The molecule has 0 aromatic heterocycles. The fraction of sp³-hybridized carbons (Fsp3) is 0.250. The summed E-state index contributed by atoms with van der Waals surface area (Å²) in [6.45, 7) is 0.545. The van der Waals surface area contributed by atoms with E-state index in [1.807, 2.05) is 48.5 Å². The zero-order valence-corrected chi connectivity index (χ0v) is 11.2. The molecule has 1 N–H and O–H groups in total. The Kier molecular flexibility index (Phi) is 4.55. The van der Waals surface area contributed by atoms with Gasteiger partial charge in [0.2, 0.25) is 0 Å². The summed E-state index contributed by atoms with van der Waals surface area (Å²) in [6.07, 6.45) is -0.636. The highest BCUT2D eigenvalue weighted by Crippen LogP contribution is 2.24. The smallest absolute Gasteiger partial charge is 0.118 e. The van der Waals surface area contributed by atoms with Gasteiger partial charge in [-0.3, -0.25) is 0 Å². The van der Waals surface area contributed by atoms with Crippen molar-refractivity contribution in [3.05, 3.63) is 65.2 Å². The average Bonchev–Trinajstić information content (AvgIpc) is 2.47. The van der Waals surface area contributed by atoms with Gasteiger partial charge in [-0.2, -0.15) is 0 Å². The number of rotatable bonds is 5. The normalized spacial score (nSPS) is 12.2. The molecule has 0 saturated carbocycles. The first-order valence-electron chi connectivity index (χ1n) is 6.14. The largest absolute Gasteiger partial charge is 0.497 e. The van der Waals surface area contributed by atoms with Crippen molar-refractivity contribution in [3.8, 4) is 5.75 Å². The first-order valence-corrected chi connectivity index (χ1v) is 6.14. The Labute approximate surface area is 113 Å². The van der Waals surface area contributed by atoms with Gasteiger partial charge in [-0.05, 0) is 28.8 Å². The summed E-state index contributed by atoms with van der Waals surface area (Å²) in [5.41, 5.74) is 2.75. The molecule has 0 fully saturated rings. The van der Waals surface area contributed by atoms with E-state index in [2.05, 4.69) is 0 Å². The quantitative estimate of drug-likeness (QED) is 0.896. The van der Waals surface area contributed by atoms with Gasteiger partial charge in [0.25, 0.3) is 0 Å². The van der Waals surface area contributed by atoms with Crippen LogP contribution >= 0.6 is 0 Å². The van der Waals surface area contributed by atoms with Crippen LogP contribution in [-0.2, 0) is 11.3 Å². The lowest BCUT2D eigenvalue weighted by atomic mass is 10.00. The number of aliphatic hydroxyl groups is 1. The molecule has 0 heterocycles. The van der Waals surface area contributed by atoms with Crippen molar-refractivity contribution in [1.82, 2.24) is 0 Å². The molecule has 1 atom stereocenters. The van der Waals surface area contributed by atoms with E-state index in [9.17, 15) is 5.11 Å². The summed E-state index contributed by atoms with van der Waals surface area (Å²) in [4.78, 5) is 0. The standard InChI is InChI=1S/C16H18O3/c1-18-11-12-4-3-5-14(10-12)16(17)13-6-8-15(19-2)9-7-13/h3-10,16-17H,11H2,1-2H3. The van der Waals surface area contributed by atoms with Gasteiger partial charge in [-0.25, -0.2) is 0 Å². The average molecular weight is 258 g/mol. The van der Waals surface area contributed by atoms with Gasteiger partial charge in [0, 0.05) is 7.11 Å². The maximum absolute atomic E-state index is 10.4. The first kappa shape index (κ1) is 13.6. The second-order valence-electron chi connectivity index (χ2n) is 4.35. The third kappa shape index (κ3) is 3.34. The van der Waals surface area contributed by atoms with Crippen molar-refractivity contribution < 1.29 is 14.6 Å². The van der Waals surface area contributed by atoms with Crippen LogP contribution in [0.1, 0.15) is 22.8 Å². The van der Waals surface area contributed by atoms with Gasteiger partial charge in [0.05, 0.1) is 13.7 Å². The monoisotopic (exact) mass is 258 g/mol. The predicted octanol–water partition coefficient (Wildman–Crippen LogP) is 2.92. The lowest BCUT2D eigenvalue weighted by molar-refractivity contribution is 0.184. The van der Waals surface area contributed by atoms with Crippen LogP contribution in [0.3, 0.4) is 0 Å². The Morgan fingerprint density at radius 3 is 2.37 bits per heavy atom. The van der Waals surface area contributed by atoms with Crippen LogP contribution in [0.2, 0.25) is 0 Å². The fourth-order valence-electron chi connectivity index (χ4n) is 2.00. The van der Waals surface area contributed by atoms with E-state index in [4.69, 9.17) is 9.47 Å². The van der Waals surface area contributed by atoms with E-state index < -0.39 is 6.10 Å². The van der Waals surface area contributed by atoms with Crippen LogP contribution in [0, 0.1) is 0 Å². The number of hydrogen-bond donors (Lipinski definition) is 1. The third-order valence-corrected chi connectivity index (χ3v) is 3.01. The second-order valence-corrected chi connectivity index (χ2v) is 4.35. The van der Waals surface area contributed by atoms with Gasteiger partial charge in [-0.15, -0.1) is 0 Å². The maximum atomic E-state index is 10.4. The molecule has 0 aliphatic carbocycles. The lowest BCUT2D eigenvalue weighted by Gasteiger charge is -2.13. The SMILES string of the molecule is COCc1cccc(C(O)c2ccc(OC)cc2)c1. The zero-order valence-electron chi connectivity index (χ0n) is 11.2. The number of hydrogen-bond acceptors (Lipinski definition) is 3. The van der Waals surface area contributed by atoms with E-state index in [0.29, 0.717) is 6.61 Å². The topological polar surface area (TPSA) is 38.7 Å². The van der Waals surface area contributed by atoms with Gasteiger partial charge < -0.3 is 14.6 Å². The fourth-order valence-corrected chi connectivity index (χ4v) is 2.00. The van der Waals surface area contributed by atoms with E-state index in [-0.39, 0.29) is 0 Å². The summed E-state index contributed by atoms with van der Waals surface area (Å²) >= 11 is 0. The molecule has 2 aromatic rings. The van der Waals surface area contributed by atoms with Crippen molar-refractivity contribution in [1.29, 1.82) is 0 Å². The summed E-state index contributed by atoms with van der Waals surface area (Å²) in [5.74, 6) is 0.782. The molecule has 0 bridgehead atoms. The van der Waals surface area contributed by atoms with E-state index >= 15 is 0 Å². The Morgan fingerprint density at radius 2 is 1.74 bits per heavy atom. The molecule has 0 amide bonds. The molecular formula is C16H18O3. The van der Waals surface area contributed by atoms with Gasteiger partial charge >= 0.3 is 0 Å². The third-order valence-electron chi connectivity index (χ3n) is 3.01. The highest BCUT2D eigenvalue weighted by molar-refractivity contribution is 5.35. The van der Waals surface area contributed by atoms with Crippen LogP contribution in [0.25, 0.3) is 0 Å². The molecule has 0 aliphatic rings. The van der Waals surface area contributed by atoms with Gasteiger partial charge in [0.15, 0.2) is 0 Å². The molecule has 2 aromatic carbocycles. The van der Waals surface area contributed by atoms with Crippen LogP contribution in [0.5, 0.6) is 5.75 Å². The summed E-state index contributed by atoms with van der Waals surface area (Å²) < 4.78 is 10.2. The Morgan fingerprint density at radius 1 is 1.00 bits per heavy atom. The Hall–Kier alpha value is -1.84. The zero-order chi connectivity index (χ0) is 13.7. The van der Waals surface area contributed by atoms with E-state index in [1.165, 1.54) is 0 Å². The number of aliphatic hydroxyl groups excluding tert-OH is 1. The minimum absolute atomic E-state index is 0.545. The Bertz CT molecular complexity index is 520. The highest BCUT2D eigenvalue weighted by atomic mass is 16.5. The van der Waals surface area contributed by atoms with Gasteiger partial charge in [-0.1, -0.05) is 36.4 Å². The van der Waals surface area contributed by atoms with Crippen molar-refractivity contribution in [2.45, 2.75) is 12.7 Å². The molecule has 0 spiro atoms. The number of methoxy groups -OCH3 is 2. The van der Waals surface area contributed by atoms with Crippen LogP contribution in [-0.4, -0.2) is 19.3 Å². The summed E-state index contributed by atoms with van der Waals surface area (Å²) in [7, 11) is 3.28. The van der Waals surface area contributed by atoms with E-state index in [0.717, 1.165) is 22.4 Å². The molecule has 3 heteroatoms. The molecule has 3 nitrogen and oxygen atoms in total. The molecule has 2 rings (SSSR count). The molecule has 0 saturated heterocycles. The second kappa shape index (κ2) is 6.36. The minimum atomic E-state index is -0.636. The highest BCUT2D eigenvalue weighted by Gasteiger charge is 2.10. The molecule has 1 unspecified atom stereocenters. The van der Waals surface area contributed by atoms with Crippen molar-refractivity contribution >= 4 is 0 Å². The molecule has 0 radical (unpaired) electrons.